The fourth-order valence-electron chi connectivity index (χ4n) is 7.03. The SMILES string of the molecule is COc1ccc(C23CCC(NC(=O)Nc4ccc(F)c(F)c4)CC2N(S(=O)(=O)CCN2CCC(C)CC2)CC3)cc1OC.O=C(O)C(F)(F)F. The molecule has 3 unspecified atom stereocenters. The van der Waals surface area contributed by atoms with Gasteiger partial charge in [0, 0.05) is 42.3 Å². The number of hydrogen-bond donors (Lipinski definition) is 3. The van der Waals surface area contributed by atoms with Gasteiger partial charge < -0.3 is 30.1 Å². The Hall–Kier alpha value is -3.70. The van der Waals surface area contributed by atoms with Crippen LogP contribution in [-0.4, -0.2) is 99.1 Å². The summed E-state index contributed by atoms with van der Waals surface area (Å²) in [5, 5.41) is 12.6. The Morgan fingerprint density at radius 1 is 0.960 bits per heavy atom. The highest BCUT2D eigenvalue weighted by molar-refractivity contribution is 7.89. The molecule has 2 amide bonds. The number of carboxylic acids is 1. The zero-order valence-corrected chi connectivity index (χ0v) is 28.9. The third-order valence-electron chi connectivity index (χ3n) is 9.82. The Kier molecular flexibility index (Phi) is 12.6. The zero-order chi connectivity index (χ0) is 36.9. The molecule has 2 heterocycles. The molecule has 11 nitrogen and oxygen atoms in total. The van der Waals surface area contributed by atoms with Crippen LogP contribution in [0.4, 0.5) is 32.4 Å². The molecule has 3 atom stereocenters. The average molecular weight is 735 g/mol. The van der Waals surface area contributed by atoms with Crippen LogP contribution in [0.25, 0.3) is 0 Å². The second kappa shape index (κ2) is 16.1. The summed E-state index contributed by atoms with van der Waals surface area (Å²) in [6.07, 6.45) is -0.583. The molecular formula is C33H43F5N4O7S. The van der Waals surface area contributed by atoms with E-state index in [1.165, 1.54) is 6.07 Å². The lowest BCUT2D eigenvalue weighted by Crippen LogP contribution is -2.54. The second-order valence-electron chi connectivity index (χ2n) is 12.9. The van der Waals surface area contributed by atoms with Gasteiger partial charge in [0.1, 0.15) is 0 Å². The number of methoxy groups -OCH3 is 2. The maximum atomic E-state index is 13.9. The molecule has 2 aliphatic heterocycles. The first-order chi connectivity index (χ1) is 23.5. The van der Waals surface area contributed by atoms with Gasteiger partial charge in [0.05, 0.1) is 20.0 Å². The van der Waals surface area contributed by atoms with Crippen molar-refractivity contribution in [1.82, 2.24) is 14.5 Å². The fourth-order valence-corrected chi connectivity index (χ4v) is 8.80. The van der Waals surface area contributed by atoms with Gasteiger partial charge in [-0.3, -0.25) is 0 Å². The molecule has 3 fully saturated rings. The van der Waals surface area contributed by atoms with Crippen molar-refractivity contribution in [2.75, 3.05) is 51.5 Å². The molecule has 3 aliphatic rings. The topological polar surface area (TPSA) is 138 Å². The van der Waals surface area contributed by atoms with Crippen LogP contribution < -0.4 is 20.1 Å². The summed E-state index contributed by atoms with van der Waals surface area (Å²) in [4.78, 5) is 24.0. The molecule has 0 spiro atoms. The van der Waals surface area contributed by atoms with Gasteiger partial charge >= 0.3 is 18.2 Å². The third kappa shape index (κ3) is 9.34. The number of nitrogens with zero attached hydrogens (tertiary/aromatic N) is 2. The van der Waals surface area contributed by atoms with E-state index in [-0.39, 0.29) is 23.5 Å². The van der Waals surface area contributed by atoms with E-state index < -0.39 is 45.2 Å². The minimum atomic E-state index is -5.08. The predicted molar refractivity (Wildman–Crippen MR) is 175 cm³/mol. The summed E-state index contributed by atoms with van der Waals surface area (Å²) >= 11 is 0. The van der Waals surface area contributed by atoms with Crippen LogP contribution in [0.15, 0.2) is 36.4 Å². The zero-order valence-electron chi connectivity index (χ0n) is 28.1. The van der Waals surface area contributed by atoms with Crippen molar-refractivity contribution >= 4 is 27.7 Å². The summed E-state index contributed by atoms with van der Waals surface area (Å²) in [7, 11) is -0.441. The minimum absolute atomic E-state index is 0.0502. The molecule has 2 saturated heterocycles. The number of halogens is 5. The Labute approximate surface area is 288 Å². The maximum absolute atomic E-state index is 13.9. The van der Waals surface area contributed by atoms with Gasteiger partial charge in [-0.25, -0.2) is 26.8 Å². The average Bonchev–Trinajstić information content (AvgIpc) is 3.46. The molecule has 0 aromatic heterocycles. The minimum Gasteiger partial charge on any atom is -0.493 e. The van der Waals surface area contributed by atoms with Crippen LogP contribution >= 0.6 is 0 Å². The number of aliphatic carboxylic acids is 1. The Morgan fingerprint density at radius 2 is 1.62 bits per heavy atom. The number of carbonyl (C=O) groups excluding carboxylic acids is 1. The van der Waals surface area contributed by atoms with Crippen molar-refractivity contribution < 1.29 is 54.5 Å². The molecule has 0 bridgehead atoms. The van der Waals surface area contributed by atoms with Gasteiger partial charge in [-0.15, -0.1) is 0 Å². The lowest BCUT2D eigenvalue weighted by Gasteiger charge is -2.45. The Balaban J connectivity index is 0.000000727. The number of ether oxygens (including phenoxy) is 2. The molecule has 5 rings (SSSR count). The highest BCUT2D eigenvalue weighted by atomic mass is 32.2. The van der Waals surface area contributed by atoms with Crippen LogP contribution in [0, 0.1) is 17.6 Å². The first-order valence-corrected chi connectivity index (χ1v) is 17.9. The molecular weight excluding hydrogens is 691 g/mol. The van der Waals surface area contributed by atoms with E-state index in [1.54, 1.807) is 18.5 Å². The summed E-state index contributed by atoms with van der Waals surface area (Å²) in [5.74, 6) is -2.91. The van der Waals surface area contributed by atoms with Gasteiger partial charge in [0.15, 0.2) is 23.1 Å². The van der Waals surface area contributed by atoms with Gasteiger partial charge in [0.25, 0.3) is 0 Å². The molecule has 3 N–H and O–H groups in total. The normalized spacial score (nSPS) is 23.3. The molecule has 2 aromatic rings. The summed E-state index contributed by atoms with van der Waals surface area (Å²) in [5.41, 5.74) is 0.661. The number of alkyl halides is 3. The number of sulfonamides is 1. The highest BCUT2D eigenvalue weighted by Gasteiger charge is 2.55. The molecule has 17 heteroatoms. The largest absolute Gasteiger partial charge is 0.493 e. The summed E-state index contributed by atoms with van der Waals surface area (Å²) < 4.78 is 99.3. The first-order valence-electron chi connectivity index (χ1n) is 16.3. The molecule has 0 radical (unpaired) electrons. The molecule has 1 aliphatic carbocycles. The van der Waals surface area contributed by atoms with E-state index in [2.05, 4.69) is 22.5 Å². The van der Waals surface area contributed by atoms with E-state index in [9.17, 15) is 35.2 Å². The van der Waals surface area contributed by atoms with Crippen molar-refractivity contribution in [3.8, 4) is 11.5 Å². The van der Waals surface area contributed by atoms with E-state index in [0.717, 1.165) is 43.6 Å². The van der Waals surface area contributed by atoms with Crippen molar-refractivity contribution in [3.05, 3.63) is 53.6 Å². The third-order valence-corrected chi connectivity index (χ3v) is 11.7. The lowest BCUT2D eigenvalue weighted by atomic mass is 9.65. The molecule has 278 valence electrons. The summed E-state index contributed by atoms with van der Waals surface area (Å²) in [6.45, 7) is 4.95. The van der Waals surface area contributed by atoms with Gasteiger partial charge in [-0.2, -0.15) is 17.5 Å². The predicted octanol–water partition coefficient (Wildman–Crippen LogP) is 5.36. The molecule has 1 saturated carbocycles. The van der Waals surface area contributed by atoms with Crippen molar-refractivity contribution in [1.29, 1.82) is 0 Å². The number of piperidine rings is 1. The van der Waals surface area contributed by atoms with Crippen molar-refractivity contribution in [3.63, 3.8) is 0 Å². The maximum Gasteiger partial charge on any atom is 0.490 e. The number of likely N-dealkylation sites (tertiary alicyclic amines) is 1. The van der Waals surface area contributed by atoms with Crippen molar-refractivity contribution in [2.24, 2.45) is 5.92 Å². The summed E-state index contributed by atoms with van der Waals surface area (Å²) in [6, 6.07) is 7.71. The van der Waals surface area contributed by atoms with Crippen LogP contribution in [0.1, 0.15) is 51.0 Å². The smallest absolute Gasteiger partial charge is 0.490 e. The number of nitrogens with one attached hydrogen (secondary N) is 2. The quantitative estimate of drug-likeness (QED) is 0.293. The van der Waals surface area contributed by atoms with Crippen LogP contribution in [0.2, 0.25) is 0 Å². The van der Waals surface area contributed by atoms with Crippen LogP contribution in [-0.2, 0) is 20.2 Å². The number of carboxylic acid groups (broad SMARTS) is 1. The second-order valence-corrected chi connectivity index (χ2v) is 15.0. The lowest BCUT2D eigenvalue weighted by molar-refractivity contribution is -0.192. The number of carbonyl (C=O) groups is 2. The van der Waals surface area contributed by atoms with E-state index in [4.69, 9.17) is 19.4 Å². The number of amides is 2. The number of rotatable bonds is 9. The number of hydrogen-bond acceptors (Lipinski definition) is 7. The van der Waals surface area contributed by atoms with Crippen molar-refractivity contribution in [2.45, 2.75) is 69.1 Å². The number of fused-ring (bicyclic) bond motifs is 1. The molecule has 2 aromatic carbocycles. The van der Waals surface area contributed by atoms with E-state index in [1.807, 2.05) is 18.2 Å². The number of urea groups is 1. The van der Waals surface area contributed by atoms with E-state index in [0.29, 0.717) is 56.2 Å². The van der Waals surface area contributed by atoms with Gasteiger partial charge in [-0.05, 0) is 87.4 Å². The van der Waals surface area contributed by atoms with Crippen LogP contribution in [0.5, 0.6) is 11.5 Å². The monoisotopic (exact) mass is 734 g/mol. The standard InChI is InChI=1S/C31H42F2N4O5S.C2HF3O2/c1-21-9-13-36(14-10-21)16-17-43(39,40)37-15-12-31(22-4-7-27(41-2)28(18-22)42-3)11-8-24(20-29(31)37)35-30(38)34-23-5-6-25(32)26(33)19-23;3-2(4,5)1(6)7/h4-7,18-19,21,24,29H,8-17,20H2,1-3H3,(H2,34,35,38);(H,6,7). The van der Waals surface area contributed by atoms with Gasteiger partial charge in [-0.1, -0.05) is 13.0 Å². The molecule has 50 heavy (non-hydrogen) atoms. The van der Waals surface area contributed by atoms with Gasteiger partial charge in [0.2, 0.25) is 10.0 Å². The first kappa shape index (κ1) is 39.1. The number of benzene rings is 2. The van der Waals surface area contributed by atoms with Crippen LogP contribution in [0.3, 0.4) is 0 Å². The fraction of sp³-hybridized carbons (Fsp3) is 0.576. The Bertz CT molecular complexity index is 1620. The number of anilines is 1. The highest BCUT2D eigenvalue weighted by Crippen LogP contribution is 2.51. The van der Waals surface area contributed by atoms with E-state index >= 15 is 0 Å². The Morgan fingerprint density at radius 3 is 2.22 bits per heavy atom.